The number of aryl methyl sites for hydroxylation is 2. The third kappa shape index (κ3) is 5.34. The van der Waals surface area contributed by atoms with E-state index in [0.29, 0.717) is 12.3 Å². The lowest BCUT2D eigenvalue weighted by molar-refractivity contribution is -0.137. The minimum atomic E-state index is -0.734. The highest BCUT2D eigenvalue weighted by Gasteiger charge is 2.28. The summed E-state index contributed by atoms with van der Waals surface area (Å²) in [6.07, 6.45) is 7.86. The fourth-order valence-electron chi connectivity index (χ4n) is 4.62. The maximum Gasteiger partial charge on any atom is 0.303 e. The van der Waals surface area contributed by atoms with Crippen molar-refractivity contribution in [3.63, 3.8) is 0 Å². The van der Waals surface area contributed by atoms with Gasteiger partial charge in [0.1, 0.15) is 0 Å². The van der Waals surface area contributed by atoms with Gasteiger partial charge in [-0.3, -0.25) is 14.5 Å². The van der Waals surface area contributed by atoms with Gasteiger partial charge >= 0.3 is 5.97 Å². The van der Waals surface area contributed by atoms with Crippen molar-refractivity contribution in [1.82, 2.24) is 10.2 Å². The van der Waals surface area contributed by atoms with E-state index in [1.165, 1.54) is 36.0 Å². The molecule has 2 aliphatic rings. The monoisotopic (exact) mass is 386 g/mol. The molecule has 154 valence electrons. The van der Waals surface area contributed by atoms with Gasteiger partial charge in [0.15, 0.2) is 0 Å². The summed E-state index contributed by atoms with van der Waals surface area (Å²) in [4.78, 5) is 25.9. The summed E-state index contributed by atoms with van der Waals surface area (Å²) in [5, 5.41) is 12.1. The van der Waals surface area contributed by atoms with Crippen molar-refractivity contribution in [2.45, 2.75) is 77.3 Å². The van der Waals surface area contributed by atoms with Crippen LogP contribution in [0.2, 0.25) is 0 Å². The molecule has 1 amide bonds. The standard InChI is InChI=1S/C23H34N2O3/c1-16(20-11-10-19-7-3-4-8-21(19)14-20)24-23(28)17(2)25-13-5-6-18(15-25)9-12-22(26)27/h10-11,14,16-18H,3-9,12-13,15H2,1-2H3,(H,24,28)(H,26,27). The van der Waals surface area contributed by atoms with Crippen LogP contribution >= 0.6 is 0 Å². The summed E-state index contributed by atoms with van der Waals surface area (Å²) in [6.45, 7) is 5.75. The van der Waals surface area contributed by atoms with Gasteiger partial charge in [-0.1, -0.05) is 18.2 Å². The van der Waals surface area contributed by atoms with Crippen molar-refractivity contribution in [3.8, 4) is 0 Å². The van der Waals surface area contributed by atoms with Gasteiger partial charge in [-0.2, -0.15) is 0 Å². The molecule has 1 fully saturated rings. The molecular weight excluding hydrogens is 352 g/mol. The van der Waals surface area contributed by atoms with Crippen LogP contribution < -0.4 is 5.32 Å². The molecule has 0 saturated carbocycles. The number of hydrogen-bond acceptors (Lipinski definition) is 3. The van der Waals surface area contributed by atoms with Crippen molar-refractivity contribution in [2.75, 3.05) is 13.1 Å². The maximum atomic E-state index is 12.8. The van der Waals surface area contributed by atoms with Crippen molar-refractivity contribution in [3.05, 3.63) is 34.9 Å². The molecule has 3 atom stereocenters. The topological polar surface area (TPSA) is 69.6 Å². The molecule has 5 heteroatoms. The normalized spacial score (nSPS) is 22.1. The summed E-state index contributed by atoms with van der Waals surface area (Å²) >= 11 is 0. The van der Waals surface area contributed by atoms with Crippen molar-refractivity contribution >= 4 is 11.9 Å². The van der Waals surface area contributed by atoms with Crippen molar-refractivity contribution in [2.24, 2.45) is 5.92 Å². The number of aliphatic carboxylic acids is 1. The zero-order valence-corrected chi connectivity index (χ0v) is 17.2. The Hall–Kier alpha value is -1.88. The predicted octanol–water partition coefficient (Wildman–Crippen LogP) is 3.71. The highest BCUT2D eigenvalue weighted by molar-refractivity contribution is 5.81. The number of benzene rings is 1. The number of nitrogens with one attached hydrogen (secondary N) is 1. The van der Waals surface area contributed by atoms with E-state index in [0.717, 1.165) is 32.4 Å². The highest BCUT2D eigenvalue weighted by atomic mass is 16.4. The summed E-state index contributed by atoms with van der Waals surface area (Å²) in [5.41, 5.74) is 4.08. The van der Waals surface area contributed by atoms with E-state index in [2.05, 4.69) is 35.3 Å². The van der Waals surface area contributed by atoms with Crippen LogP contribution in [0, 0.1) is 5.92 Å². The number of rotatable bonds is 7. The predicted molar refractivity (Wildman–Crippen MR) is 110 cm³/mol. The third-order valence-corrected chi connectivity index (χ3v) is 6.48. The molecule has 5 nitrogen and oxygen atoms in total. The number of nitrogens with zero attached hydrogens (tertiary/aromatic N) is 1. The second kappa shape index (κ2) is 9.55. The van der Waals surface area contributed by atoms with Gasteiger partial charge in [0, 0.05) is 13.0 Å². The van der Waals surface area contributed by atoms with Crippen LogP contribution in [-0.2, 0) is 22.4 Å². The Balaban J connectivity index is 1.55. The van der Waals surface area contributed by atoms with Gasteiger partial charge in [0.2, 0.25) is 5.91 Å². The van der Waals surface area contributed by atoms with Crippen LogP contribution in [0.3, 0.4) is 0 Å². The first-order chi connectivity index (χ1) is 13.4. The average molecular weight is 387 g/mol. The lowest BCUT2D eigenvalue weighted by atomic mass is 9.89. The molecule has 0 spiro atoms. The molecule has 0 radical (unpaired) electrons. The van der Waals surface area contributed by atoms with E-state index >= 15 is 0 Å². The fraction of sp³-hybridized carbons (Fsp3) is 0.652. The Labute approximate surface area is 168 Å². The number of likely N-dealkylation sites (tertiary alicyclic amines) is 1. The number of carboxylic acid groups (broad SMARTS) is 1. The minimum Gasteiger partial charge on any atom is -0.481 e. The number of carbonyl (C=O) groups excluding carboxylic acids is 1. The Morgan fingerprint density at radius 1 is 1.18 bits per heavy atom. The zero-order valence-electron chi connectivity index (χ0n) is 17.2. The molecule has 1 aliphatic heterocycles. The maximum absolute atomic E-state index is 12.8. The van der Waals surface area contributed by atoms with E-state index in [4.69, 9.17) is 5.11 Å². The number of carboxylic acids is 1. The van der Waals surface area contributed by atoms with Gasteiger partial charge < -0.3 is 10.4 Å². The molecule has 0 aromatic heterocycles. The number of hydrogen-bond donors (Lipinski definition) is 2. The molecule has 1 aliphatic carbocycles. The van der Waals surface area contributed by atoms with Crippen LogP contribution in [0.1, 0.15) is 75.1 Å². The van der Waals surface area contributed by atoms with E-state index in [-0.39, 0.29) is 24.4 Å². The molecule has 28 heavy (non-hydrogen) atoms. The molecule has 3 unspecified atom stereocenters. The van der Waals surface area contributed by atoms with Gasteiger partial charge in [-0.25, -0.2) is 0 Å². The fourth-order valence-corrected chi connectivity index (χ4v) is 4.62. The Morgan fingerprint density at radius 2 is 1.93 bits per heavy atom. The Kier molecular flexibility index (Phi) is 7.11. The Morgan fingerprint density at radius 3 is 2.68 bits per heavy atom. The lowest BCUT2D eigenvalue weighted by Gasteiger charge is -2.36. The zero-order chi connectivity index (χ0) is 20.1. The number of carbonyl (C=O) groups is 2. The molecule has 0 bridgehead atoms. The largest absolute Gasteiger partial charge is 0.481 e. The van der Waals surface area contributed by atoms with Crippen molar-refractivity contribution in [1.29, 1.82) is 0 Å². The quantitative estimate of drug-likeness (QED) is 0.749. The number of fused-ring (bicyclic) bond motifs is 1. The summed E-state index contributed by atoms with van der Waals surface area (Å²) < 4.78 is 0. The molecule has 1 saturated heterocycles. The van der Waals surface area contributed by atoms with Crippen LogP contribution in [-0.4, -0.2) is 41.0 Å². The van der Waals surface area contributed by atoms with E-state index < -0.39 is 5.97 Å². The third-order valence-electron chi connectivity index (χ3n) is 6.48. The summed E-state index contributed by atoms with van der Waals surface area (Å²) in [5.74, 6) is -0.302. The first-order valence-electron chi connectivity index (χ1n) is 10.8. The Bertz CT molecular complexity index is 703. The van der Waals surface area contributed by atoms with E-state index in [1.807, 2.05) is 6.92 Å². The second-order valence-corrected chi connectivity index (χ2v) is 8.58. The average Bonchev–Trinajstić information content (AvgIpc) is 2.71. The van der Waals surface area contributed by atoms with E-state index in [9.17, 15) is 9.59 Å². The first kappa shape index (κ1) is 20.8. The number of piperidine rings is 1. The number of amides is 1. The van der Waals surface area contributed by atoms with Crippen molar-refractivity contribution < 1.29 is 14.7 Å². The minimum absolute atomic E-state index is 0.00484. The van der Waals surface area contributed by atoms with Crippen LogP contribution in [0.4, 0.5) is 0 Å². The van der Waals surface area contributed by atoms with Gasteiger partial charge in [0.05, 0.1) is 12.1 Å². The lowest BCUT2D eigenvalue weighted by Crippen LogP contribution is -2.49. The molecule has 1 heterocycles. The van der Waals surface area contributed by atoms with Gasteiger partial charge in [0.25, 0.3) is 0 Å². The smallest absolute Gasteiger partial charge is 0.303 e. The van der Waals surface area contributed by atoms with Crippen LogP contribution in [0.5, 0.6) is 0 Å². The molecular formula is C23H34N2O3. The molecule has 1 aromatic rings. The van der Waals surface area contributed by atoms with Crippen LogP contribution in [0.15, 0.2) is 18.2 Å². The summed E-state index contributed by atoms with van der Waals surface area (Å²) in [6, 6.07) is 6.46. The van der Waals surface area contributed by atoms with Gasteiger partial charge in [-0.15, -0.1) is 0 Å². The molecule has 1 aromatic carbocycles. The first-order valence-corrected chi connectivity index (χ1v) is 10.8. The van der Waals surface area contributed by atoms with E-state index in [1.54, 1.807) is 0 Å². The van der Waals surface area contributed by atoms with Crippen LogP contribution in [0.25, 0.3) is 0 Å². The SMILES string of the molecule is CC(NC(=O)C(C)N1CCCC(CCC(=O)O)C1)c1ccc2c(c1)CCCC2. The highest BCUT2D eigenvalue weighted by Crippen LogP contribution is 2.26. The molecule has 2 N–H and O–H groups in total. The summed E-state index contributed by atoms with van der Waals surface area (Å²) in [7, 11) is 0. The van der Waals surface area contributed by atoms with Gasteiger partial charge in [-0.05, 0) is 87.9 Å². The second-order valence-electron chi connectivity index (χ2n) is 8.58. The molecule has 3 rings (SSSR count).